The molecule has 104 valence electrons. The molecule has 6 nitrogen and oxygen atoms in total. The highest BCUT2D eigenvalue weighted by Crippen LogP contribution is 2.24. The normalized spacial score (nSPS) is 11.3. The minimum Gasteiger partial charge on any atom is -0.423 e. The predicted octanol–water partition coefficient (Wildman–Crippen LogP) is -0.586. The van der Waals surface area contributed by atoms with E-state index in [1.165, 1.54) is 24.4 Å². The zero-order valence-electron chi connectivity index (χ0n) is 10.7. The highest BCUT2D eigenvalue weighted by molar-refractivity contribution is 7.90. The Morgan fingerprint density at radius 3 is 2.30 bits per heavy atom. The van der Waals surface area contributed by atoms with Gasteiger partial charge in [0.2, 0.25) is 0 Å². The second-order valence-corrected chi connectivity index (χ2v) is 6.39. The Balaban J connectivity index is 2.49. The lowest BCUT2D eigenvalue weighted by Crippen LogP contribution is -2.30. The lowest BCUT2D eigenvalue weighted by molar-refractivity contribution is 0.425. The molecule has 0 unspecified atom stereocenters. The molecule has 0 radical (unpaired) electrons. The number of nitrogens with two attached hydrogens (primary N) is 1. The van der Waals surface area contributed by atoms with Crippen molar-refractivity contribution in [1.29, 1.82) is 0 Å². The zero-order chi connectivity index (χ0) is 14.9. The third-order valence-electron chi connectivity index (χ3n) is 2.83. The number of hydrogen-bond donors (Lipinski definition) is 3. The molecule has 1 aromatic heterocycles. The van der Waals surface area contributed by atoms with Crippen molar-refractivity contribution < 1.29 is 18.5 Å². The molecule has 4 N–H and O–H groups in total. The van der Waals surface area contributed by atoms with E-state index in [1.54, 1.807) is 12.1 Å². The number of rotatable bonds is 3. The fraction of sp³-hybridized carbons (Fsp3) is 0.0833. The standard InChI is InChI=1S/C12H13BN2O4S/c1-20(18,19)10-4-2-8(3-5-10)11-6-9(13(16)17)7-15-12(11)14/h2-7,16-17H,1H3,(H2,14,15). The van der Waals surface area contributed by atoms with Gasteiger partial charge in [-0.1, -0.05) is 12.1 Å². The Labute approximate surface area is 117 Å². The first-order chi connectivity index (χ1) is 9.29. The van der Waals surface area contributed by atoms with Crippen molar-refractivity contribution in [3.8, 4) is 11.1 Å². The van der Waals surface area contributed by atoms with E-state index in [0.717, 1.165) is 6.26 Å². The van der Waals surface area contributed by atoms with Crippen molar-refractivity contribution >= 4 is 28.2 Å². The summed E-state index contributed by atoms with van der Waals surface area (Å²) in [6, 6.07) is 7.62. The molecule has 2 rings (SSSR count). The van der Waals surface area contributed by atoms with Crippen LogP contribution in [-0.2, 0) is 9.84 Å². The van der Waals surface area contributed by atoms with Crippen LogP contribution in [0.15, 0.2) is 41.4 Å². The lowest BCUT2D eigenvalue weighted by Gasteiger charge is -2.08. The van der Waals surface area contributed by atoms with E-state index in [1.807, 2.05) is 0 Å². The van der Waals surface area contributed by atoms with Crippen molar-refractivity contribution in [2.45, 2.75) is 4.90 Å². The molecule has 0 atom stereocenters. The van der Waals surface area contributed by atoms with Gasteiger partial charge in [-0.25, -0.2) is 13.4 Å². The number of nitrogen functional groups attached to an aromatic ring is 1. The molecular weight excluding hydrogens is 279 g/mol. The summed E-state index contributed by atoms with van der Waals surface area (Å²) < 4.78 is 22.8. The van der Waals surface area contributed by atoms with E-state index in [2.05, 4.69) is 4.98 Å². The van der Waals surface area contributed by atoms with Crippen molar-refractivity contribution in [1.82, 2.24) is 4.98 Å². The van der Waals surface area contributed by atoms with Crippen LogP contribution in [0, 0.1) is 0 Å². The molecule has 1 heterocycles. The number of pyridine rings is 1. The number of nitrogens with zero attached hydrogens (tertiary/aromatic N) is 1. The van der Waals surface area contributed by atoms with Crippen molar-refractivity contribution in [2.75, 3.05) is 12.0 Å². The summed E-state index contributed by atoms with van der Waals surface area (Å²) in [7, 11) is -4.90. The summed E-state index contributed by atoms with van der Waals surface area (Å²) in [6.45, 7) is 0. The molecule has 2 aromatic rings. The number of sulfone groups is 1. The second-order valence-electron chi connectivity index (χ2n) is 4.37. The third-order valence-corrected chi connectivity index (χ3v) is 3.96. The lowest BCUT2D eigenvalue weighted by atomic mass is 9.80. The molecule has 0 spiro atoms. The van der Waals surface area contributed by atoms with Crippen molar-refractivity contribution in [2.24, 2.45) is 0 Å². The van der Waals surface area contributed by atoms with Crippen LogP contribution in [0.5, 0.6) is 0 Å². The maximum absolute atomic E-state index is 11.4. The van der Waals surface area contributed by atoms with Crippen LogP contribution in [0.25, 0.3) is 11.1 Å². The smallest absolute Gasteiger partial charge is 0.423 e. The first-order valence-electron chi connectivity index (χ1n) is 5.71. The first kappa shape index (κ1) is 14.5. The third kappa shape index (κ3) is 2.98. The van der Waals surface area contributed by atoms with Crippen LogP contribution < -0.4 is 11.2 Å². The minimum absolute atomic E-state index is 0.200. The van der Waals surface area contributed by atoms with Gasteiger partial charge in [-0.15, -0.1) is 0 Å². The van der Waals surface area contributed by atoms with Crippen LogP contribution in [0.4, 0.5) is 5.82 Å². The fourth-order valence-electron chi connectivity index (χ4n) is 1.75. The van der Waals surface area contributed by atoms with E-state index in [4.69, 9.17) is 15.8 Å². The Morgan fingerprint density at radius 1 is 1.20 bits per heavy atom. The molecular formula is C12H13BN2O4S. The van der Waals surface area contributed by atoms with Crippen LogP contribution >= 0.6 is 0 Å². The highest BCUT2D eigenvalue weighted by atomic mass is 32.2. The zero-order valence-corrected chi connectivity index (χ0v) is 11.5. The number of benzene rings is 1. The molecule has 8 heteroatoms. The van der Waals surface area contributed by atoms with Gasteiger partial charge in [-0.3, -0.25) is 0 Å². The molecule has 0 saturated carbocycles. The van der Waals surface area contributed by atoms with Gasteiger partial charge in [0.05, 0.1) is 4.90 Å². The Bertz CT molecular complexity index is 730. The molecule has 0 amide bonds. The van der Waals surface area contributed by atoms with Gasteiger partial charge < -0.3 is 15.8 Å². The number of aromatic nitrogens is 1. The molecule has 0 bridgehead atoms. The predicted molar refractivity (Wildman–Crippen MR) is 77.0 cm³/mol. The van der Waals surface area contributed by atoms with E-state index in [-0.39, 0.29) is 16.2 Å². The van der Waals surface area contributed by atoms with E-state index >= 15 is 0 Å². The average molecular weight is 292 g/mol. The summed E-state index contributed by atoms with van der Waals surface area (Å²) in [5.74, 6) is 0.224. The summed E-state index contributed by atoms with van der Waals surface area (Å²) in [4.78, 5) is 4.09. The molecule has 1 aromatic carbocycles. The summed E-state index contributed by atoms with van der Waals surface area (Å²) in [5, 5.41) is 18.3. The fourth-order valence-corrected chi connectivity index (χ4v) is 2.38. The molecule has 0 saturated heterocycles. The maximum atomic E-state index is 11.4. The topological polar surface area (TPSA) is 114 Å². The minimum atomic E-state index is -3.26. The van der Waals surface area contributed by atoms with E-state index < -0.39 is 17.0 Å². The summed E-state index contributed by atoms with van der Waals surface area (Å²) in [6.07, 6.45) is 2.40. The van der Waals surface area contributed by atoms with Gasteiger partial charge in [-0.05, 0) is 23.8 Å². The molecule has 0 aliphatic rings. The highest BCUT2D eigenvalue weighted by Gasteiger charge is 2.15. The summed E-state index contributed by atoms with van der Waals surface area (Å²) >= 11 is 0. The Hall–Kier alpha value is -1.90. The van der Waals surface area contributed by atoms with Crippen LogP contribution in [0.2, 0.25) is 0 Å². The summed E-state index contributed by atoms with van der Waals surface area (Å²) in [5.41, 5.74) is 7.12. The number of anilines is 1. The monoisotopic (exact) mass is 292 g/mol. The van der Waals surface area contributed by atoms with Gasteiger partial charge in [0.25, 0.3) is 0 Å². The van der Waals surface area contributed by atoms with Crippen molar-refractivity contribution in [3.63, 3.8) is 0 Å². The van der Waals surface area contributed by atoms with Crippen molar-refractivity contribution in [3.05, 3.63) is 36.5 Å². The largest absolute Gasteiger partial charge is 0.490 e. The SMILES string of the molecule is CS(=O)(=O)c1ccc(-c2cc(B(O)O)cnc2N)cc1. The van der Waals surface area contributed by atoms with E-state index in [0.29, 0.717) is 11.1 Å². The van der Waals surface area contributed by atoms with Gasteiger partial charge in [0.15, 0.2) is 9.84 Å². The van der Waals surface area contributed by atoms with Gasteiger partial charge in [0, 0.05) is 23.5 Å². The van der Waals surface area contributed by atoms with Crippen LogP contribution in [0.1, 0.15) is 0 Å². The maximum Gasteiger partial charge on any atom is 0.490 e. The van der Waals surface area contributed by atoms with Gasteiger partial charge >= 0.3 is 7.12 Å². The Morgan fingerprint density at radius 2 is 1.80 bits per heavy atom. The Kier molecular flexibility index (Phi) is 3.80. The molecule has 0 aliphatic carbocycles. The van der Waals surface area contributed by atoms with Crippen LogP contribution in [0.3, 0.4) is 0 Å². The first-order valence-corrected chi connectivity index (χ1v) is 7.60. The molecule has 0 fully saturated rings. The van der Waals surface area contributed by atoms with Gasteiger partial charge in [0.1, 0.15) is 5.82 Å². The molecule has 20 heavy (non-hydrogen) atoms. The van der Waals surface area contributed by atoms with Crippen LogP contribution in [-0.4, -0.2) is 36.8 Å². The number of hydrogen-bond acceptors (Lipinski definition) is 6. The molecule has 0 aliphatic heterocycles. The van der Waals surface area contributed by atoms with Gasteiger partial charge in [-0.2, -0.15) is 0 Å². The second kappa shape index (κ2) is 5.24. The quantitative estimate of drug-likeness (QED) is 0.652. The average Bonchev–Trinajstić information content (AvgIpc) is 2.38. The van der Waals surface area contributed by atoms with E-state index in [9.17, 15) is 8.42 Å².